The second-order valence-corrected chi connectivity index (χ2v) is 11.6. The van der Waals surface area contributed by atoms with Gasteiger partial charge in [-0.2, -0.15) is 0 Å². The zero-order chi connectivity index (χ0) is 23.0. The van der Waals surface area contributed by atoms with Crippen molar-refractivity contribution in [2.45, 2.75) is 42.9 Å². The molecule has 33 heavy (non-hydrogen) atoms. The molecule has 4 bridgehead atoms. The first-order chi connectivity index (χ1) is 15.9. The first-order valence-corrected chi connectivity index (χ1v) is 13.0. The van der Waals surface area contributed by atoms with Crippen LogP contribution in [0.1, 0.15) is 48.9 Å². The van der Waals surface area contributed by atoms with Crippen LogP contribution in [0.5, 0.6) is 0 Å². The second-order valence-electron chi connectivity index (χ2n) is 9.43. The summed E-state index contributed by atoms with van der Waals surface area (Å²) in [5, 5.41) is 14.5. The quantitative estimate of drug-likeness (QED) is 0.343. The zero-order valence-corrected chi connectivity index (χ0v) is 20.0. The molecule has 2 N–H and O–H groups in total. The van der Waals surface area contributed by atoms with Gasteiger partial charge in [-0.15, -0.1) is 10.2 Å². The number of carbonyl (C=O) groups excluding carboxylic acids is 3. The van der Waals surface area contributed by atoms with E-state index < -0.39 is 5.97 Å². The summed E-state index contributed by atoms with van der Waals surface area (Å²) in [6.45, 7) is 0. The molecule has 8 nitrogen and oxygen atoms in total. The van der Waals surface area contributed by atoms with Crippen LogP contribution in [0.15, 0.2) is 28.6 Å². The summed E-state index contributed by atoms with van der Waals surface area (Å²) in [5.74, 6) is 1.76. The van der Waals surface area contributed by atoms with E-state index in [0.29, 0.717) is 38.5 Å². The number of nitrogens with one attached hydrogen (secondary N) is 2. The third-order valence-corrected chi connectivity index (χ3v) is 9.04. The Bertz CT molecular complexity index is 1030. The Morgan fingerprint density at radius 2 is 1.67 bits per heavy atom. The molecule has 1 aromatic carbocycles. The monoisotopic (exact) mass is 486 g/mol. The summed E-state index contributed by atoms with van der Waals surface area (Å²) in [7, 11) is 1.32. The highest BCUT2D eigenvalue weighted by atomic mass is 32.2. The van der Waals surface area contributed by atoms with Gasteiger partial charge in [0.05, 0.1) is 23.8 Å². The molecule has 4 saturated carbocycles. The van der Waals surface area contributed by atoms with Gasteiger partial charge < -0.3 is 15.4 Å². The molecule has 0 atom stereocenters. The van der Waals surface area contributed by atoms with Crippen molar-refractivity contribution < 1.29 is 19.1 Å². The zero-order valence-electron chi connectivity index (χ0n) is 18.3. The van der Waals surface area contributed by atoms with Crippen LogP contribution in [0.2, 0.25) is 0 Å². The molecule has 2 amide bonds. The van der Waals surface area contributed by atoms with Crippen LogP contribution < -0.4 is 10.6 Å². The summed E-state index contributed by atoms with van der Waals surface area (Å²) in [5.41, 5.74) is 0.785. The van der Waals surface area contributed by atoms with E-state index in [2.05, 4.69) is 25.6 Å². The average Bonchev–Trinajstić information content (AvgIpc) is 3.24. The molecule has 2 aromatic rings. The van der Waals surface area contributed by atoms with Crippen LogP contribution in [0.25, 0.3) is 0 Å². The minimum absolute atomic E-state index is 0.0995. The highest BCUT2D eigenvalue weighted by Gasteiger charge is 2.54. The number of thioether (sulfide) groups is 1. The lowest BCUT2D eigenvalue weighted by Crippen LogP contribution is -2.51. The number of amides is 2. The van der Waals surface area contributed by atoms with Crippen LogP contribution >= 0.6 is 23.1 Å². The molecule has 174 valence electrons. The third kappa shape index (κ3) is 4.77. The minimum atomic E-state index is -0.425. The summed E-state index contributed by atoms with van der Waals surface area (Å²) in [6, 6.07) is 6.49. The largest absolute Gasteiger partial charge is 0.465 e. The van der Waals surface area contributed by atoms with E-state index in [0.717, 1.165) is 19.3 Å². The Balaban J connectivity index is 1.12. The Kier molecular flexibility index (Phi) is 6.13. The van der Waals surface area contributed by atoms with E-state index in [1.807, 2.05) is 0 Å². The van der Waals surface area contributed by atoms with Crippen LogP contribution in [0.4, 0.5) is 10.8 Å². The highest BCUT2D eigenvalue weighted by Crippen LogP contribution is 2.60. The molecule has 0 aliphatic heterocycles. The van der Waals surface area contributed by atoms with E-state index in [1.54, 1.807) is 24.3 Å². The molecule has 10 heteroatoms. The van der Waals surface area contributed by atoms with Crippen LogP contribution in [-0.2, 0) is 14.3 Å². The number of anilines is 2. The standard InChI is InChI=1S/C23H26N4O4S2/c1-31-19(29)16-2-4-17(5-3-16)24-18(28)12-32-22-27-26-21(33-22)25-20(30)23-9-13-6-14(10-23)8-15(7-13)11-23/h2-5,13-15H,6-12H2,1H3,(H,24,28)(H,25,26,30). The minimum Gasteiger partial charge on any atom is -0.465 e. The van der Waals surface area contributed by atoms with Crippen molar-refractivity contribution >= 4 is 51.7 Å². The normalized spacial score (nSPS) is 27.2. The maximum absolute atomic E-state index is 13.2. The first-order valence-electron chi connectivity index (χ1n) is 11.2. The van der Waals surface area contributed by atoms with Gasteiger partial charge in [0.15, 0.2) is 4.34 Å². The molecule has 4 aliphatic rings. The van der Waals surface area contributed by atoms with Crippen molar-refractivity contribution in [2.75, 3.05) is 23.5 Å². The Morgan fingerprint density at radius 3 is 2.27 bits per heavy atom. The van der Waals surface area contributed by atoms with Gasteiger partial charge in [-0.1, -0.05) is 23.1 Å². The molecule has 4 fully saturated rings. The number of hydrogen-bond acceptors (Lipinski definition) is 8. The molecule has 0 unspecified atom stereocenters. The number of hydrogen-bond donors (Lipinski definition) is 2. The van der Waals surface area contributed by atoms with Gasteiger partial charge in [0.25, 0.3) is 0 Å². The lowest BCUT2D eigenvalue weighted by Gasteiger charge is -2.55. The van der Waals surface area contributed by atoms with E-state index >= 15 is 0 Å². The highest BCUT2D eigenvalue weighted by molar-refractivity contribution is 8.01. The number of ether oxygens (including phenoxy) is 1. The van der Waals surface area contributed by atoms with Gasteiger partial charge in [0.2, 0.25) is 16.9 Å². The van der Waals surface area contributed by atoms with Gasteiger partial charge in [0, 0.05) is 5.69 Å². The van der Waals surface area contributed by atoms with Gasteiger partial charge in [-0.3, -0.25) is 9.59 Å². The number of carbonyl (C=O) groups is 3. The Morgan fingerprint density at radius 1 is 1.03 bits per heavy atom. The molecule has 1 heterocycles. The van der Waals surface area contributed by atoms with Gasteiger partial charge in [-0.05, 0) is 80.5 Å². The van der Waals surface area contributed by atoms with Crippen molar-refractivity contribution in [2.24, 2.45) is 23.2 Å². The smallest absolute Gasteiger partial charge is 0.337 e. The fourth-order valence-corrected chi connectivity index (χ4v) is 7.62. The number of nitrogens with zero attached hydrogens (tertiary/aromatic N) is 2. The van der Waals surface area contributed by atoms with Crippen LogP contribution in [0, 0.1) is 23.2 Å². The van der Waals surface area contributed by atoms with Crippen molar-refractivity contribution in [3.05, 3.63) is 29.8 Å². The predicted octanol–water partition coefficient (Wildman–Crippen LogP) is 4.21. The lowest BCUT2D eigenvalue weighted by atomic mass is 9.49. The number of benzene rings is 1. The van der Waals surface area contributed by atoms with E-state index in [4.69, 9.17) is 0 Å². The van der Waals surface area contributed by atoms with E-state index in [-0.39, 0.29) is 23.0 Å². The fourth-order valence-electron chi connectivity index (χ4n) is 6.07. The summed E-state index contributed by atoms with van der Waals surface area (Å²) in [4.78, 5) is 36.9. The SMILES string of the molecule is COC(=O)c1ccc(NC(=O)CSc2nnc(NC(=O)C34CC5CC(CC(C5)C3)C4)s2)cc1. The van der Waals surface area contributed by atoms with E-state index in [1.165, 1.54) is 49.5 Å². The number of aromatic nitrogens is 2. The van der Waals surface area contributed by atoms with Crippen molar-refractivity contribution in [3.63, 3.8) is 0 Å². The number of rotatable bonds is 7. The van der Waals surface area contributed by atoms with Crippen molar-refractivity contribution in [1.29, 1.82) is 0 Å². The number of esters is 1. The summed E-state index contributed by atoms with van der Waals surface area (Å²) in [6.07, 6.45) is 6.90. The molecule has 0 spiro atoms. The maximum atomic E-state index is 13.2. The molecule has 0 radical (unpaired) electrons. The second kappa shape index (κ2) is 9.06. The van der Waals surface area contributed by atoms with E-state index in [9.17, 15) is 14.4 Å². The number of methoxy groups -OCH3 is 1. The lowest BCUT2D eigenvalue weighted by molar-refractivity contribution is -0.140. The molecule has 0 saturated heterocycles. The predicted molar refractivity (Wildman–Crippen MR) is 126 cm³/mol. The first kappa shape index (κ1) is 22.3. The molecule has 1 aromatic heterocycles. The van der Waals surface area contributed by atoms with Gasteiger partial charge >= 0.3 is 5.97 Å². The third-order valence-electron chi connectivity index (χ3n) is 7.06. The summed E-state index contributed by atoms with van der Waals surface area (Å²) >= 11 is 2.57. The Labute approximate surface area is 200 Å². The average molecular weight is 487 g/mol. The van der Waals surface area contributed by atoms with Crippen molar-refractivity contribution in [1.82, 2.24) is 10.2 Å². The molecule has 6 rings (SSSR count). The van der Waals surface area contributed by atoms with Gasteiger partial charge in [0.1, 0.15) is 0 Å². The molecular weight excluding hydrogens is 460 g/mol. The molecular formula is C23H26N4O4S2. The Hall–Kier alpha value is -2.46. The van der Waals surface area contributed by atoms with Crippen LogP contribution in [0.3, 0.4) is 0 Å². The fraction of sp³-hybridized carbons (Fsp3) is 0.522. The topological polar surface area (TPSA) is 110 Å². The van der Waals surface area contributed by atoms with Crippen molar-refractivity contribution in [3.8, 4) is 0 Å². The molecule has 4 aliphatic carbocycles. The van der Waals surface area contributed by atoms with Crippen LogP contribution in [-0.4, -0.2) is 40.8 Å². The maximum Gasteiger partial charge on any atom is 0.337 e. The van der Waals surface area contributed by atoms with Gasteiger partial charge in [-0.25, -0.2) is 4.79 Å². The summed E-state index contributed by atoms with van der Waals surface area (Å²) < 4.78 is 5.30.